The van der Waals surface area contributed by atoms with Crippen LogP contribution in [0, 0.1) is 10.8 Å². The summed E-state index contributed by atoms with van der Waals surface area (Å²) in [4.78, 5) is 44.2. The zero-order valence-corrected chi connectivity index (χ0v) is 38.9. The fourth-order valence-corrected chi connectivity index (χ4v) is 7.77. The van der Waals surface area contributed by atoms with Gasteiger partial charge in [-0.15, -0.1) is 0 Å². The Hall–Kier alpha value is -5.22. The number of aliphatic imine (C=N–C) groups is 1. The van der Waals surface area contributed by atoms with Crippen LogP contribution in [0.15, 0.2) is 96.3 Å². The Bertz CT molecular complexity index is 2130. The molecule has 3 aromatic carbocycles. The molecule has 0 saturated carbocycles. The summed E-state index contributed by atoms with van der Waals surface area (Å²) in [7, 11) is 0. The number of carbonyl (C=O) groups is 2. The third-order valence-electron chi connectivity index (χ3n) is 10.3. The Morgan fingerprint density at radius 2 is 1.18 bits per heavy atom. The number of nitrogens with one attached hydrogen (secondary N) is 1. The van der Waals surface area contributed by atoms with Crippen molar-refractivity contribution in [1.29, 1.82) is 0 Å². The number of carbonyl (C=O) groups excluding carboxylic acids is 2. The first kappa shape index (κ1) is 46.8. The number of benzene rings is 3. The number of hydrogen-bond acceptors (Lipinski definition) is 7. The highest BCUT2D eigenvalue weighted by molar-refractivity contribution is 6.03. The van der Waals surface area contributed by atoms with Gasteiger partial charge in [0.2, 0.25) is 0 Å². The first-order chi connectivity index (χ1) is 28.5. The van der Waals surface area contributed by atoms with Gasteiger partial charge < -0.3 is 19.2 Å². The Morgan fingerprint density at radius 3 is 1.69 bits per heavy atom. The third-order valence-corrected chi connectivity index (χ3v) is 10.3. The van der Waals surface area contributed by atoms with Crippen molar-refractivity contribution < 1.29 is 23.8 Å². The molecule has 0 saturated heterocycles. The molecular weight excluding hydrogens is 763 g/mol. The summed E-state index contributed by atoms with van der Waals surface area (Å²) in [5, 5.41) is 0. The zero-order chi connectivity index (χ0) is 44.8. The molecule has 0 fully saturated rings. The minimum absolute atomic E-state index is 0.299. The molecule has 0 radical (unpaired) electrons. The smallest absolute Gasteiger partial charge is 0.410 e. The molecule has 4 aromatic rings. The van der Waals surface area contributed by atoms with Crippen LogP contribution in [-0.4, -0.2) is 74.6 Å². The Kier molecular flexibility index (Phi) is 14.8. The van der Waals surface area contributed by atoms with Crippen LogP contribution >= 0.6 is 0 Å². The average Bonchev–Trinajstić information content (AvgIpc) is 3.85. The fourth-order valence-electron chi connectivity index (χ4n) is 7.77. The largest absolute Gasteiger partial charge is 0.444 e. The van der Waals surface area contributed by atoms with E-state index in [1.807, 2.05) is 89.2 Å². The van der Waals surface area contributed by atoms with Gasteiger partial charge in [-0.3, -0.25) is 14.8 Å². The van der Waals surface area contributed by atoms with Gasteiger partial charge >= 0.3 is 12.2 Å². The number of hydrogen-bond donors (Lipinski definition) is 1. The van der Waals surface area contributed by atoms with Gasteiger partial charge in [-0.25, -0.2) is 14.6 Å². The van der Waals surface area contributed by atoms with E-state index < -0.39 is 11.2 Å². The lowest BCUT2D eigenvalue weighted by Gasteiger charge is -2.41. The topological polar surface area (TPSA) is 109 Å². The van der Waals surface area contributed by atoms with Crippen molar-refractivity contribution in [1.82, 2.24) is 19.8 Å². The Morgan fingerprint density at radius 1 is 0.672 bits per heavy atom. The lowest BCUT2D eigenvalue weighted by Crippen LogP contribution is -2.54. The summed E-state index contributed by atoms with van der Waals surface area (Å²) in [6.07, 6.45) is 4.49. The van der Waals surface area contributed by atoms with Gasteiger partial charge in [0.1, 0.15) is 17.0 Å². The molecule has 1 aromatic heterocycles. The summed E-state index contributed by atoms with van der Waals surface area (Å²) in [6, 6.07) is 26.4. The van der Waals surface area contributed by atoms with E-state index in [4.69, 9.17) is 24.2 Å². The fraction of sp³-hybridized carbons (Fsp3) is 0.490. The quantitative estimate of drug-likeness (QED) is 0.127. The highest BCUT2D eigenvalue weighted by Crippen LogP contribution is 2.39. The molecule has 2 atom stereocenters. The molecule has 10 heteroatoms. The summed E-state index contributed by atoms with van der Waals surface area (Å²) < 4.78 is 17.8. The lowest BCUT2D eigenvalue weighted by molar-refractivity contribution is -0.000156. The molecule has 0 bridgehead atoms. The van der Waals surface area contributed by atoms with Crippen LogP contribution in [0.2, 0.25) is 0 Å². The normalized spacial score (nSPS) is 14.5. The van der Waals surface area contributed by atoms with Crippen LogP contribution in [0.3, 0.4) is 0 Å². The highest BCUT2D eigenvalue weighted by atomic mass is 16.6. The van der Waals surface area contributed by atoms with Gasteiger partial charge in [-0.05, 0) is 92.2 Å². The molecule has 2 amide bonds. The van der Waals surface area contributed by atoms with E-state index in [0.29, 0.717) is 32.7 Å². The van der Waals surface area contributed by atoms with E-state index in [1.165, 1.54) is 0 Å². The standard InChI is InChI=1S/C51H69N5O5/c1-14-28-55(46(57)60-50(8,9)10)44(49(5,6)7)45-53-33-42(54-45)39-26-24-37(25-27-39)36-20-22-38(23-21-36)40-31-41(52-32-40)43(48(2,3)4)56(47(58)61-51(11,12)13)29-30-59-34-35-18-16-15-17-19-35/h15-27,32-33,43-44H,14,28-31,34H2,1-13H3,(H,53,54)/t43-,44-/m1/s1. The van der Waals surface area contributed by atoms with Crippen LogP contribution in [0.25, 0.3) is 28.0 Å². The molecule has 0 unspecified atom stereocenters. The van der Waals surface area contributed by atoms with Crippen molar-refractivity contribution in [3.8, 4) is 22.4 Å². The summed E-state index contributed by atoms with van der Waals surface area (Å²) in [5.41, 5.74) is 6.40. The van der Waals surface area contributed by atoms with Crippen LogP contribution < -0.4 is 0 Å². The van der Waals surface area contributed by atoms with Crippen molar-refractivity contribution in [2.45, 2.75) is 133 Å². The molecule has 0 aliphatic carbocycles. The number of allylic oxidation sites excluding steroid dienone is 1. The highest BCUT2D eigenvalue weighted by Gasteiger charge is 2.41. The number of nitrogens with zero attached hydrogens (tertiary/aromatic N) is 4. The van der Waals surface area contributed by atoms with Gasteiger partial charge in [0.15, 0.2) is 0 Å². The van der Waals surface area contributed by atoms with Gasteiger partial charge in [0.25, 0.3) is 0 Å². The van der Waals surface area contributed by atoms with Crippen LogP contribution in [-0.2, 0) is 20.8 Å². The zero-order valence-electron chi connectivity index (χ0n) is 38.9. The molecule has 2 heterocycles. The van der Waals surface area contributed by atoms with E-state index in [9.17, 15) is 9.59 Å². The van der Waals surface area contributed by atoms with Gasteiger partial charge in [0, 0.05) is 31.4 Å². The maximum absolute atomic E-state index is 13.8. The van der Waals surface area contributed by atoms with Gasteiger partial charge in [-0.1, -0.05) is 127 Å². The summed E-state index contributed by atoms with van der Waals surface area (Å²) in [6.45, 7) is 28.0. The van der Waals surface area contributed by atoms with Gasteiger partial charge in [-0.2, -0.15) is 0 Å². The predicted molar refractivity (Wildman–Crippen MR) is 247 cm³/mol. The van der Waals surface area contributed by atoms with E-state index in [1.54, 1.807) is 4.90 Å². The minimum Gasteiger partial charge on any atom is -0.444 e. The molecule has 61 heavy (non-hydrogen) atoms. The number of ether oxygens (including phenoxy) is 3. The van der Waals surface area contributed by atoms with Crippen molar-refractivity contribution in [3.05, 3.63) is 108 Å². The predicted octanol–water partition coefficient (Wildman–Crippen LogP) is 12.5. The van der Waals surface area contributed by atoms with Crippen LogP contribution in [0.1, 0.15) is 126 Å². The van der Waals surface area contributed by atoms with Crippen molar-refractivity contribution in [2.75, 3.05) is 19.7 Å². The number of imidazole rings is 1. The maximum atomic E-state index is 13.8. The lowest BCUT2D eigenvalue weighted by atomic mass is 9.81. The second-order valence-corrected chi connectivity index (χ2v) is 20.2. The molecular formula is C51H69N5O5. The monoisotopic (exact) mass is 832 g/mol. The first-order valence-corrected chi connectivity index (χ1v) is 21.7. The number of rotatable bonds is 14. The Balaban J connectivity index is 1.28. The third kappa shape index (κ3) is 12.9. The maximum Gasteiger partial charge on any atom is 0.410 e. The molecule has 328 valence electrons. The molecule has 5 rings (SSSR count). The van der Waals surface area contributed by atoms with E-state index in [0.717, 1.165) is 57.0 Å². The minimum atomic E-state index is -0.648. The van der Waals surface area contributed by atoms with Crippen LogP contribution in [0.4, 0.5) is 9.59 Å². The van der Waals surface area contributed by atoms with E-state index in [2.05, 4.69) is 102 Å². The molecule has 0 spiro atoms. The number of H-pyrrole nitrogens is 1. The Labute approximate surface area is 364 Å². The second kappa shape index (κ2) is 19.2. The number of aromatic amines is 1. The SMILES string of the molecule is CCCN(C(=O)OC(C)(C)C)[C@H](c1ncc(-c2ccc(-c3ccc(C4=CN=C([C@@H](N(CCOCc5ccccc5)C(=O)OC(C)(C)C)C(C)(C)C)C4)cc3)cc2)[nH]1)C(C)(C)C. The van der Waals surface area contributed by atoms with Crippen molar-refractivity contribution in [2.24, 2.45) is 15.8 Å². The first-order valence-electron chi connectivity index (χ1n) is 21.7. The summed E-state index contributed by atoms with van der Waals surface area (Å²) >= 11 is 0. The molecule has 1 aliphatic rings. The second-order valence-electron chi connectivity index (χ2n) is 20.2. The molecule has 10 nitrogen and oxygen atoms in total. The van der Waals surface area contributed by atoms with E-state index >= 15 is 0 Å². The van der Waals surface area contributed by atoms with Crippen LogP contribution in [0.5, 0.6) is 0 Å². The molecule has 1 aliphatic heterocycles. The van der Waals surface area contributed by atoms with Crippen molar-refractivity contribution >= 4 is 23.5 Å². The average molecular weight is 832 g/mol. The molecule has 1 N–H and O–H groups in total. The number of aromatic nitrogens is 2. The van der Waals surface area contributed by atoms with E-state index in [-0.39, 0.29) is 35.1 Å². The van der Waals surface area contributed by atoms with Gasteiger partial charge in [0.05, 0.1) is 37.2 Å². The summed E-state index contributed by atoms with van der Waals surface area (Å²) in [5.74, 6) is 0.731. The number of amides is 2. The van der Waals surface area contributed by atoms with Crippen molar-refractivity contribution in [3.63, 3.8) is 0 Å².